The molecule has 1 fully saturated rings. The van der Waals surface area contributed by atoms with E-state index >= 15 is 0 Å². The third kappa shape index (κ3) is 6.37. The number of aromatic amines is 1. The van der Waals surface area contributed by atoms with Crippen LogP contribution in [0, 0.1) is 6.92 Å². The van der Waals surface area contributed by atoms with Gasteiger partial charge in [-0.15, -0.1) is 0 Å². The number of amides is 1. The van der Waals surface area contributed by atoms with Crippen molar-refractivity contribution in [1.82, 2.24) is 14.9 Å². The van der Waals surface area contributed by atoms with Crippen molar-refractivity contribution in [2.24, 2.45) is 0 Å². The highest BCUT2D eigenvalue weighted by Gasteiger charge is 2.53. The number of benzene rings is 1. The van der Waals surface area contributed by atoms with Crippen molar-refractivity contribution < 1.29 is 38.4 Å². The molecular formula is C23H27N3O10. The summed E-state index contributed by atoms with van der Waals surface area (Å²) in [5, 5.41) is 12.5. The molecule has 36 heavy (non-hydrogen) atoms. The van der Waals surface area contributed by atoms with E-state index in [-0.39, 0.29) is 12.2 Å². The van der Waals surface area contributed by atoms with Crippen LogP contribution in [-0.2, 0) is 35.1 Å². The lowest BCUT2D eigenvalue weighted by atomic mass is 10.0. The molecule has 0 radical (unpaired) electrons. The molecule has 5 atom stereocenters. The van der Waals surface area contributed by atoms with Crippen LogP contribution < -0.4 is 16.6 Å². The normalized spacial score (nSPS) is 21.9. The Morgan fingerprint density at radius 3 is 2.36 bits per heavy atom. The van der Waals surface area contributed by atoms with Crippen LogP contribution in [0.25, 0.3) is 0 Å². The van der Waals surface area contributed by atoms with Crippen LogP contribution in [0.4, 0.5) is 4.79 Å². The maximum Gasteiger partial charge on any atom is 0.407 e. The fourth-order valence-corrected chi connectivity index (χ4v) is 3.78. The minimum absolute atomic E-state index is 0.0472. The van der Waals surface area contributed by atoms with Gasteiger partial charge in [0, 0.05) is 25.6 Å². The third-order valence-corrected chi connectivity index (χ3v) is 5.36. The SMILES string of the molecule is CC(=O)O[C@H]1[C@H]([C@H](CO)NC(=O)OCc2ccccc2)O[C@H](n2cc(C)c(=O)[nH]c2=O)[C@H]1OC(C)=O. The van der Waals surface area contributed by atoms with E-state index in [1.54, 1.807) is 24.3 Å². The van der Waals surface area contributed by atoms with Crippen molar-refractivity contribution in [3.05, 3.63) is 68.5 Å². The number of H-pyrrole nitrogens is 1. The average Bonchev–Trinajstić information content (AvgIpc) is 3.15. The number of carbonyl (C=O) groups excluding carboxylic acids is 3. The molecule has 0 spiro atoms. The molecule has 0 saturated carbocycles. The second kappa shape index (κ2) is 11.6. The smallest absolute Gasteiger partial charge is 0.407 e. The Balaban J connectivity index is 1.90. The van der Waals surface area contributed by atoms with Gasteiger partial charge in [-0.25, -0.2) is 9.59 Å². The number of hydrogen-bond donors (Lipinski definition) is 3. The number of alkyl carbamates (subject to hydrolysis) is 1. The Morgan fingerprint density at radius 2 is 1.75 bits per heavy atom. The Bertz CT molecular complexity index is 1210. The number of rotatable bonds is 8. The summed E-state index contributed by atoms with van der Waals surface area (Å²) in [7, 11) is 0. The summed E-state index contributed by atoms with van der Waals surface area (Å²) in [5.41, 5.74) is -0.604. The van der Waals surface area contributed by atoms with Gasteiger partial charge in [-0.2, -0.15) is 0 Å². The minimum Gasteiger partial charge on any atom is -0.456 e. The average molecular weight is 505 g/mol. The Morgan fingerprint density at radius 1 is 1.11 bits per heavy atom. The van der Waals surface area contributed by atoms with Gasteiger partial charge in [0.1, 0.15) is 12.7 Å². The topological polar surface area (TPSA) is 175 Å². The second-order valence-corrected chi connectivity index (χ2v) is 8.11. The first-order chi connectivity index (χ1) is 17.1. The molecule has 3 rings (SSSR count). The monoisotopic (exact) mass is 505 g/mol. The number of aryl methyl sites for hydroxylation is 1. The highest BCUT2D eigenvalue weighted by atomic mass is 16.6. The largest absolute Gasteiger partial charge is 0.456 e. The van der Waals surface area contributed by atoms with Gasteiger partial charge in [-0.3, -0.25) is 23.9 Å². The van der Waals surface area contributed by atoms with Crippen LogP contribution in [0.5, 0.6) is 0 Å². The van der Waals surface area contributed by atoms with Crippen LogP contribution in [0.3, 0.4) is 0 Å². The Kier molecular flexibility index (Phi) is 8.61. The van der Waals surface area contributed by atoms with E-state index in [1.807, 2.05) is 6.07 Å². The Hall–Kier alpha value is -3.97. The molecule has 0 aliphatic carbocycles. The van der Waals surface area contributed by atoms with Crippen molar-refractivity contribution in [1.29, 1.82) is 0 Å². The van der Waals surface area contributed by atoms with Gasteiger partial charge in [-0.05, 0) is 12.5 Å². The second-order valence-electron chi connectivity index (χ2n) is 8.11. The molecule has 13 heteroatoms. The fourth-order valence-electron chi connectivity index (χ4n) is 3.78. The maximum absolute atomic E-state index is 12.5. The van der Waals surface area contributed by atoms with E-state index in [0.717, 1.165) is 24.0 Å². The molecule has 13 nitrogen and oxygen atoms in total. The number of carbonyl (C=O) groups is 3. The number of hydrogen-bond acceptors (Lipinski definition) is 10. The van der Waals surface area contributed by atoms with Gasteiger partial charge in [0.15, 0.2) is 18.4 Å². The summed E-state index contributed by atoms with van der Waals surface area (Å²) in [4.78, 5) is 62.6. The molecule has 194 valence electrons. The van der Waals surface area contributed by atoms with Crippen LogP contribution in [-0.4, -0.2) is 63.7 Å². The minimum atomic E-state index is -1.36. The maximum atomic E-state index is 12.5. The molecule has 2 heterocycles. The third-order valence-electron chi connectivity index (χ3n) is 5.36. The fraction of sp³-hybridized carbons (Fsp3) is 0.435. The Labute approximate surface area is 204 Å². The summed E-state index contributed by atoms with van der Waals surface area (Å²) < 4.78 is 22.8. The number of aliphatic hydroxyl groups excluding tert-OH is 1. The molecule has 1 aromatic heterocycles. The highest BCUT2D eigenvalue weighted by Crippen LogP contribution is 2.35. The predicted molar refractivity (Wildman–Crippen MR) is 122 cm³/mol. The van der Waals surface area contributed by atoms with Gasteiger partial charge in [0.25, 0.3) is 5.56 Å². The van der Waals surface area contributed by atoms with Crippen LogP contribution in [0.2, 0.25) is 0 Å². The standard InChI is InChI=1S/C23H27N3O10/c1-12-9-26(22(31)25-20(12)30)21-19(35-14(3)29)18(34-13(2)28)17(36-21)16(10-27)24-23(32)33-11-15-7-5-4-6-8-15/h4-9,16-19,21,27H,10-11H2,1-3H3,(H,24,32)(H,25,30,31)/t16-,17-,18-,19-,21-/m0/s1. The van der Waals surface area contributed by atoms with Crippen molar-refractivity contribution >= 4 is 18.0 Å². The molecular weight excluding hydrogens is 478 g/mol. The predicted octanol–water partition coefficient (Wildman–Crippen LogP) is -0.107. The zero-order valence-corrected chi connectivity index (χ0v) is 19.8. The van der Waals surface area contributed by atoms with Gasteiger partial charge >= 0.3 is 23.7 Å². The number of nitrogens with one attached hydrogen (secondary N) is 2. The van der Waals surface area contributed by atoms with Crippen LogP contribution >= 0.6 is 0 Å². The molecule has 0 unspecified atom stereocenters. The lowest BCUT2D eigenvalue weighted by molar-refractivity contribution is -0.165. The van der Waals surface area contributed by atoms with Crippen LogP contribution in [0.1, 0.15) is 31.2 Å². The molecule has 1 aromatic carbocycles. The van der Waals surface area contributed by atoms with E-state index in [1.165, 1.54) is 13.1 Å². The molecule has 1 aliphatic rings. The lowest BCUT2D eigenvalue weighted by Gasteiger charge is -2.27. The summed E-state index contributed by atoms with van der Waals surface area (Å²) in [6.07, 6.45) is -5.00. The van der Waals surface area contributed by atoms with E-state index in [4.69, 9.17) is 18.9 Å². The van der Waals surface area contributed by atoms with Gasteiger partial charge < -0.3 is 29.4 Å². The zero-order chi connectivity index (χ0) is 26.4. The number of aliphatic hydroxyl groups is 1. The van der Waals surface area contributed by atoms with Crippen molar-refractivity contribution in [2.75, 3.05) is 6.61 Å². The zero-order valence-electron chi connectivity index (χ0n) is 19.8. The quantitative estimate of drug-likeness (QED) is 0.324. The molecule has 2 aromatic rings. The van der Waals surface area contributed by atoms with Crippen molar-refractivity contribution in [3.63, 3.8) is 0 Å². The summed E-state index contributed by atoms with van der Waals surface area (Å²) in [6.45, 7) is 2.95. The van der Waals surface area contributed by atoms with Gasteiger partial charge in [0.05, 0.1) is 12.6 Å². The van der Waals surface area contributed by atoms with E-state index in [9.17, 15) is 29.1 Å². The van der Waals surface area contributed by atoms with Crippen molar-refractivity contribution in [2.45, 2.75) is 58.0 Å². The molecule has 1 aliphatic heterocycles. The molecule has 0 bridgehead atoms. The van der Waals surface area contributed by atoms with Gasteiger partial charge in [-0.1, -0.05) is 30.3 Å². The van der Waals surface area contributed by atoms with Crippen LogP contribution in [0.15, 0.2) is 46.1 Å². The highest BCUT2D eigenvalue weighted by molar-refractivity contribution is 5.68. The first kappa shape index (κ1) is 26.6. The lowest BCUT2D eigenvalue weighted by Crippen LogP contribution is -2.52. The molecule has 1 saturated heterocycles. The molecule has 3 N–H and O–H groups in total. The summed E-state index contributed by atoms with van der Waals surface area (Å²) >= 11 is 0. The number of esters is 2. The van der Waals surface area contributed by atoms with E-state index in [2.05, 4.69) is 10.3 Å². The number of nitrogens with zero attached hydrogens (tertiary/aromatic N) is 1. The number of ether oxygens (including phenoxy) is 4. The summed E-state index contributed by atoms with van der Waals surface area (Å²) in [6, 6.07) is 7.68. The first-order valence-electron chi connectivity index (χ1n) is 11.0. The van der Waals surface area contributed by atoms with Crippen molar-refractivity contribution in [3.8, 4) is 0 Å². The molecule has 1 amide bonds. The van der Waals surface area contributed by atoms with Gasteiger partial charge in [0.2, 0.25) is 0 Å². The number of aromatic nitrogens is 2. The van der Waals surface area contributed by atoms with E-state index < -0.39 is 66.5 Å². The summed E-state index contributed by atoms with van der Waals surface area (Å²) in [5.74, 6) is -1.53. The first-order valence-corrected chi connectivity index (χ1v) is 11.0. The van der Waals surface area contributed by atoms with E-state index in [0.29, 0.717) is 0 Å².